The predicted molar refractivity (Wildman–Crippen MR) is 36.9 cm³/mol. The molecule has 0 aliphatic carbocycles. The van der Waals surface area contributed by atoms with Gasteiger partial charge in [0.2, 0.25) is 0 Å². The van der Waals surface area contributed by atoms with Gasteiger partial charge in [-0.1, -0.05) is 5.18 Å². The van der Waals surface area contributed by atoms with Crippen LogP contribution in [0.5, 0.6) is 0 Å². The fourth-order valence-electron chi connectivity index (χ4n) is 0.768. The summed E-state index contributed by atoms with van der Waals surface area (Å²) < 4.78 is 0. The van der Waals surface area contributed by atoms with Crippen LogP contribution in [0.1, 0.15) is 5.69 Å². The Morgan fingerprint density at radius 3 is 2.85 bits per heavy atom. The Hall–Kier alpha value is -0.0836. The van der Waals surface area contributed by atoms with E-state index >= 15 is 0 Å². The number of carbonyl (C=O) groups is 1. The van der Waals surface area contributed by atoms with Crippen molar-refractivity contribution in [2.75, 3.05) is 0 Å². The first-order valence-electron chi connectivity index (χ1n) is 3.24. The fourth-order valence-corrected chi connectivity index (χ4v) is 0.768. The number of carbonyl (C=O) groups excluding carboxylic acids is 1. The maximum absolute atomic E-state index is 10.2. The van der Waals surface area contributed by atoms with Crippen molar-refractivity contribution in [3.63, 3.8) is 0 Å². The number of hydrogen-bond donors (Lipinski definition) is 1. The van der Waals surface area contributed by atoms with Crippen LogP contribution < -0.4 is 56.5 Å². The molecule has 1 rings (SSSR count). The van der Waals surface area contributed by atoms with Crippen LogP contribution in [0.4, 0.5) is 0 Å². The van der Waals surface area contributed by atoms with E-state index in [1.807, 2.05) is 0 Å². The van der Waals surface area contributed by atoms with Crippen molar-refractivity contribution >= 4 is 5.97 Å². The Bertz CT molecular complexity index is 275. The topological polar surface area (TPSA) is 98.2 Å². The first-order valence-corrected chi connectivity index (χ1v) is 3.24. The second-order valence-electron chi connectivity index (χ2n) is 2.22. The van der Waals surface area contributed by atoms with Crippen molar-refractivity contribution in [1.29, 1.82) is 0 Å². The van der Waals surface area contributed by atoms with Gasteiger partial charge >= 0.3 is 51.4 Å². The SMILES string of the molecule is O=N[C@@H](Cc1cnc[nH]1)C(=O)[O-].[K+]. The molecule has 0 saturated carbocycles. The van der Waals surface area contributed by atoms with Crippen LogP contribution in [0.15, 0.2) is 17.7 Å². The summed E-state index contributed by atoms with van der Waals surface area (Å²) in [6.07, 6.45) is 2.82. The summed E-state index contributed by atoms with van der Waals surface area (Å²) in [7, 11) is 0. The molecule has 7 heteroatoms. The van der Waals surface area contributed by atoms with Gasteiger partial charge in [-0.15, -0.1) is 0 Å². The number of aliphatic carboxylic acids is 1. The molecule has 0 amide bonds. The van der Waals surface area contributed by atoms with Gasteiger partial charge in [-0.25, -0.2) is 4.98 Å². The van der Waals surface area contributed by atoms with Gasteiger partial charge in [0.05, 0.1) is 12.3 Å². The molecule has 0 aromatic carbocycles. The van der Waals surface area contributed by atoms with Gasteiger partial charge in [0.1, 0.15) is 6.04 Å². The number of rotatable bonds is 4. The van der Waals surface area contributed by atoms with Crippen LogP contribution in [-0.4, -0.2) is 22.0 Å². The second-order valence-corrected chi connectivity index (χ2v) is 2.22. The normalized spacial score (nSPS) is 11.4. The number of aromatic amines is 1. The number of nitroso groups, excluding NO2 is 1. The summed E-state index contributed by atoms with van der Waals surface area (Å²) >= 11 is 0. The molecule has 0 aliphatic rings. The maximum atomic E-state index is 10.2. The van der Waals surface area contributed by atoms with E-state index in [0.717, 1.165) is 0 Å². The van der Waals surface area contributed by atoms with Gasteiger partial charge in [-0.3, -0.25) is 0 Å². The summed E-state index contributed by atoms with van der Waals surface area (Å²) in [6.45, 7) is 0. The van der Waals surface area contributed by atoms with Crippen molar-refractivity contribution in [2.24, 2.45) is 5.18 Å². The van der Waals surface area contributed by atoms with E-state index in [-0.39, 0.29) is 57.8 Å². The maximum Gasteiger partial charge on any atom is 1.00 e. The first-order chi connectivity index (χ1) is 5.74. The van der Waals surface area contributed by atoms with E-state index in [9.17, 15) is 14.8 Å². The van der Waals surface area contributed by atoms with E-state index in [1.165, 1.54) is 12.5 Å². The first kappa shape index (κ1) is 12.9. The predicted octanol–water partition coefficient (Wildman–Crippen LogP) is -4.16. The molecule has 13 heavy (non-hydrogen) atoms. The Morgan fingerprint density at radius 1 is 1.77 bits per heavy atom. The van der Waals surface area contributed by atoms with Crippen LogP contribution in [0, 0.1) is 4.91 Å². The van der Waals surface area contributed by atoms with Crippen LogP contribution in [0.2, 0.25) is 0 Å². The average Bonchev–Trinajstić information content (AvgIpc) is 2.51. The van der Waals surface area contributed by atoms with Crippen molar-refractivity contribution in [1.82, 2.24) is 9.97 Å². The number of hydrogen-bond acceptors (Lipinski definition) is 5. The zero-order valence-corrected chi connectivity index (χ0v) is 10.2. The quantitative estimate of drug-likeness (QED) is 0.400. The summed E-state index contributed by atoms with van der Waals surface area (Å²) in [6, 6.07) is -1.34. The number of H-pyrrole nitrogens is 1. The molecule has 64 valence electrons. The molecule has 0 fully saturated rings. The van der Waals surface area contributed by atoms with Crippen LogP contribution in [0.3, 0.4) is 0 Å². The van der Waals surface area contributed by atoms with Gasteiger partial charge in [-0.2, -0.15) is 4.91 Å². The molecule has 0 spiro atoms. The largest absolute Gasteiger partial charge is 1.00 e. The monoisotopic (exact) mass is 207 g/mol. The molecule has 1 aromatic heterocycles. The number of aromatic nitrogens is 2. The summed E-state index contributed by atoms with van der Waals surface area (Å²) in [4.78, 5) is 26.5. The smallest absolute Gasteiger partial charge is 0.548 e. The Kier molecular flexibility index (Phi) is 6.34. The van der Waals surface area contributed by atoms with Crippen molar-refractivity contribution < 1.29 is 61.3 Å². The van der Waals surface area contributed by atoms with Crippen LogP contribution in [-0.2, 0) is 11.2 Å². The van der Waals surface area contributed by atoms with Crippen LogP contribution >= 0.6 is 0 Å². The number of nitrogens with zero attached hydrogens (tertiary/aromatic N) is 2. The number of imidazole rings is 1. The minimum Gasteiger partial charge on any atom is -0.548 e. The molecule has 0 radical (unpaired) electrons. The zero-order chi connectivity index (χ0) is 8.97. The number of carboxylic acids is 1. The third-order valence-electron chi connectivity index (χ3n) is 1.37. The molecule has 1 N–H and O–H groups in total. The molecule has 0 bridgehead atoms. The van der Waals surface area contributed by atoms with Crippen molar-refractivity contribution in [3.05, 3.63) is 23.1 Å². The third kappa shape index (κ3) is 4.09. The van der Waals surface area contributed by atoms with Gasteiger partial charge in [0.25, 0.3) is 0 Å². The third-order valence-corrected chi connectivity index (χ3v) is 1.37. The van der Waals surface area contributed by atoms with Crippen LogP contribution in [0.25, 0.3) is 0 Å². The van der Waals surface area contributed by atoms with E-state index in [4.69, 9.17) is 0 Å². The van der Waals surface area contributed by atoms with Crippen molar-refractivity contribution in [3.8, 4) is 0 Å². The molecule has 0 saturated heterocycles. The Morgan fingerprint density at radius 2 is 2.46 bits per heavy atom. The molecule has 1 atom stereocenters. The number of carboxylic acid groups (broad SMARTS) is 1. The molecule has 6 nitrogen and oxygen atoms in total. The molecule has 1 heterocycles. The average molecular weight is 207 g/mol. The van der Waals surface area contributed by atoms with Gasteiger partial charge < -0.3 is 14.9 Å². The number of nitrogens with one attached hydrogen (secondary N) is 1. The standard InChI is InChI=1S/C6H7N3O3.K/c10-6(11)5(9-12)1-4-2-7-3-8-4;/h2-3,5H,1H2,(H,7,8)(H,10,11);/q;+1/p-1/t5-;/m0./s1. The molecule has 1 aromatic rings. The Labute approximate surface area is 117 Å². The molecule has 0 unspecified atom stereocenters. The van der Waals surface area contributed by atoms with Crippen molar-refractivity contribution in [2.45, 2.75) is 12.5 Å². The summed E-state index contributed by atoms with van der Waals surface area (Å²) in [5.74, 6) is -1.47. The Balaban J connectivity index is 0.00000144. The summed E-state index contributed by atoms with van der Waals surface area (Å²) in [5, 5.41) is 12.6. The van der Waals surface area contributed by atoms with E-state index in [0.29, 0.717) is 5.69 Å². The van der Waals surface area contributed by atoms with Gasteiger partial charge in [-0.05, 0) is 0 Å². The fraction of sp³-hybridized carbons (Fsp3) is 0.333. The minimum atomic E-state index is -1.47. The molecular weight excluding hydrogens is 201 g/mol. The minimum absolute atomic E-state index is 0. The van der Waals surface area contributed by atoms with E-state index < -0.39 is 12.0 Å². The van der Waals surface area contributed by atoms with E-state index in [2.05, 4.69) is 15.1 Å². The summed E-state index contributed by atoms with van der Waals surface area (Å²) in [5.41, 5.74) is 0.545. The van der Waals surface area contributed by atoms with Gasteiger partial charge in [0, 0.05) is 18.3 Å². The second kappa shape index (κ2) is 6.38. The van der Waals surface area contributed by atoms with Gasteiger partial charge in [0.15, 0.2) is 0 Å². The molecule has 0 aliphatic heterocycles. The zero-order valence-electron chi connectivity index (χ0n) is 7.06. The van der Waals surface area contributed by atoms with E-state index in [1.54, 1.807) is 0 Å². The molecular formula is C6H6KN3O3.